The molecule has 2 aromatic heterocycles. The summed E-state index contributed by atoms with van der Waals surface area (Å²) < 4.78 is 0. The lowest BCUT2D eigenvalue weighted by Gasteiger charge is -2.16. The Balaban J connectivity index is 1.97. The van der Waals surface area contributed by atoms with Gasteiger partial charge in [0.2, 0.25) is 0 Å². The van der Waals surface area contributed by atoms with Crippen LogP contribution in [-0.4, -0.2) is 33.0 Å². The van der Waals surface area contributed by atoms with Crippen molar-refractivity contribution in [3.63, 3.8) is 0 Å². The van der Waals surface area contributed by atoms with Crippen molar-refractivity contribution in [2.75, 3.05) is 17.3 Å². The van der Waals surface area contributed by atoms with Crippen molar-refractivity contribution in [3.8, 4) is 11.5 Å². The fourth-order valence-corrected chi connectivity index (χ4v) is 3.27. The highest BCUT2D eigenvalue weighted by molar-refractivity contribution is 7.98. The molecule has 0 bridgehead atoms. The molecule has 4 nitrogen and oxygen atoms in total. The van der Waals surface area contributed by atoms with Crippen LogP contribution in [0.2, 0.25) is 0 Å². The number of nitrogens with one attached hydrogen (secondary N) is 1. The van der Waals surface area contributed by atoms with Gasteiger partial charge in [-0.3, -0.25) is 4.98 Å². The zero-order chi connectivity index (χ0) is 14.7. The maximum absolute atomic E-state index is 4.74. The monoisotopic (exact) mass is 300 g/mol. The highest BCUT2D eigenvalue weighted by Gasteiger charge is 2.21. The number of hydrogen-bond acceptors (Lipinski definition) is 5. The second-order valence-corrected chi connectivity index (χ2v) is 6.30. The van der Waals surface area contributed by atoms with Gasteiger partial charge in [-0.2, -0.15) is 11.8 Å². The van der Waals surface area contributed by atoms with Crippen LogP contribution in [0.5, 0.6) is 0 Å². The van der Waals surface area contributed by atoms with Crippen LogP contribution < -0.4 is 5.32 Å². The van der Waals surface area contributed by atoms with Gasteiger partial charge in [-0.25, -0.2) is 9.97 Å². The van der Waals surface area contributed by atoms with Gasteiger partial charge < -0.3 is 5.32 Å². The smallest absolute Gasteiger partial charge is 0.180 e. The van der Waals surface area contributed by atoms with Crippen LogP contribution in [0.3, 0.4) is 0 Å². The van der Waals surface area contributed by atoms with E-state index in [1.807, 2.05) is 30.0 Å². The Morgan fingerprint density at radius 3 is 2.95 bits per heavy atom. The molecule has 0 aliphatic heterocycles. The topological polar surface area (TPSA) is 50.7 Å². The van der Waals surface area contributed by atoms with E-state index in [0.717, 1.165) is 35.9 Å². The minimum atomic E-state index is 0.399. The molecule has 0 saturated carbocycles. The van der Waals surface area contributed by atoms with Crippen LogP contribution in [0.25, 0.3) is 11.5 Å². The third-order valence-corrected chi connectivity index (χ3v) is 4.46. The van der Waals surface area contributed by atoms with Gasteiger partial charge in [0.1, 0.15) is 11.5 Å². The van der Waals surface area contributed by atoms with Gasteiger partial charge in [0, 0.05) is 29.2 Å². The average Bonchev–Trinajstić information content (AvgIpc) is 2.97. The number of pyridine rings is 1. The molecule has 2 heterocycles. The van der Waals surface area contributed by atoms with Crippen molar-refractivity contribution in [3.05, 3.63) is 35.7 Å². The Morgan fingerprint density at radius 2 is 2.19 bits per heavy atom. The Bertz CT molecular complexity index is 615. The van der Waals surface area contributed by atoms with Gasteiger partial charge in [-0.1, -0.05) is 6.07 Å². The highest BCUT2D eigenvalue weighted by Crippen LogP contribution is 2.29. The maximum Gasteiger partial charge on any atom is 0.180 e. The van der Waals surface area contributed by atoms with E-state index in [0.29, 0.717) is 6.04 Å². The first-order chi connectivity index (χ1) is 10.3. The molecule has 2 aromatic rings. The lowest BCUT2D eigenvalue weighted by Crippen LogP contribution is -2.20. The second-order valence-electron chi connectivity index (χ2n) is 5.39. The molecule has 5 heteroatoms. The van der Waals surface area contributed by atoms with Gasteiger partial charge in [0.25, 0.3) is 0 Å². The lowest BCUT2D eigenvalue weighted by atomic mass is 10.2. The molecule has 0 saturated heterocycles. The predicted octanol–water partition coefficient (Wildman–Crippen LogP) is 3.19. The number of aryl methyl sites for hydroxylation is 1. The first-order valence-electron chi connectivity index (χ1n) is 7.34. The Morgan fingerprint density at radius 1 is 1.29 bits per heavy atom. The summed E-state index contributed by atoms with van der Waals surface area (Å²) in [6, 6.07) is 6.25. The summed E-state index contributed by atoms with van der Waals surface area (Å²) in [7, 11) is 0. The molecular formula is C16H20N4S. The number of hydrogen-bond donors (Lipinski definition) is 1. The molecule has 3 rings (SSSR count). The number of rotatable bonds is 5. The van der Waals surface area contributed by atoms with E-state index in [9.17, 15) is 0 Å². The van der Waals surface area contributed by atoms with Crippen molar-refractivity contribution in [1.29, 1.82) is 0 Å². The maximum atomic E-state index is 4.74. The Labute approximate surface area is 129 Å². The summed E-state index contributed by atoms with van der Waals surface area (Å²) in [6.07, 6.45) is 7.20. The van der Waals surface area contributed by atoms with Crippen LogP contribution in [-0.2, 0) is 12.8 Å². The molecule has 0 aromatic carbocycles. The molecule has 1 N–H and O–H groups in total. The molecule has 0 radical (unpaired) electrons. The quantitative estimate of drug-likeness (QED) is 0.919. The van der Waals surface area contributed by atoms with Crippen LogP contribution >= 0.6 is 11.8 Å². The summed E-state index contributed by atoms with van der Waals surface area (Å²) >= 11 is 1.84. The van der Waals surface area contributed by atoms with Crippen LogP contribution in [0.15, 0.2) is 24.4 Å². The average molecular weight is 300 g/mol. The summed E-state index contributed by atoms with van der Waals surface area (Å²) in [5.74, 6) is 2.80. The second kappa shape index (κ2) is 6.43. The molecule has 0 fully saturated rings. The lowest BCUT2D eigenvalue weighted by molar-refractivity contribution is 0.886. The SMILES string of the molecule is CSCC(C)Nc1nc(-c2ccccn2)nc2c1CCC2. The van der Waals surface area contributed by atoms with E-state index in [-0.39, 0.29) is 0 Å². The zero-order valence-electron chi connectivity index (χ0n) is 12.5. The first kappa shape index (κ1) is 14.3. The van der Waals surface area contributed by atoms with E-state index in [1.54, 1.807) is 6.20 Å². The number of nitrogens with zero attached hydrogens (tertiary/aromatic N) is 3. The van der Waals surface area contributed by atoms with E-state index >= 15 is 0 Å². The summed E-state index contributed by atoms with van der Waals surface area (Å²) in [6.45, 7) is 2.19. The normalized spacial score (nSPS) is 14.8. The van der Waals surface area contributed by atoms with E-state index in [2.05, 4.69) is 23.5 Å². The van der Waals surface area contributed by atoms with Crippen molar-refractivity contribution in [2.24, 2.45) is 0 Å². The Kier molecular flexibility index (Phi) is 4.39. The highest BCUT2D eigenvalue weighted by atomic mass is 32.2. The van der Waals surface area contributed by atoms with Gasteiger partial charge in [0.05, 0.1) is 0 Å². The largest absolute Gasteiger partial charge is 0.366 e. The standard InChI is InChI=1S/C16H20N4S/c1-11(10-21-2)18-15-12-6-5-8-13(12)19-16(20-15)14-7-3-4-9-17-14/h3-4,7,9,11H,5-6,8,10H2,1-2H3,(H,18,19,20). The van der Waals surface area contributed by atoms with Gasteiger partial charge in [-0.15, -0.1) is 0 Å². The molecular weight excluding hydrogens is 280 g/mol. The molecule has 1 atom stereocenters. The van der Waals surface area contributed by atoms with Crippen LogP contribution in [0.1, 0.15) is 24.6 Å². The van der Waals surface area contributed by atoms with Crippen molar-refractivity contribution in [1.82, 2.24) is 15.0 Å². The van der Waals surface area contributed by atoms with E-state index in [4.69, 9.17) is 9.97 Å². The third kappa shape index (κ3) is 3.18. The molecule has 21 heavy (non-hydrogen) atoms. The summed E-state index contributed by atoms with van der Waals surface area (Å²) in [4.78, 5) is 13.8. The van der Waals surface area contributed by atoms with Crippen molar-refractivity contribution >= 4 is 17.6 Å². The van der Waals surface area contributed by atoms with Gasteiger partial charge in [0.15, 0.2) is 5.82 Å². The predicted molar refractivity (Wildman–Crippen MR) is 88.8 cm³/mol. The van der Waals surface area contributed by atoms with Crippen LogP contribution in [0.4, 0.5) is 5.82 Å². The van der Waals surface area contributed by atoms with Gasteiger partial charge >= 0.3 is 0 Å². The van der Waals surface area contributed by atoms with Gasteiger partial charge in [-0.05, 0) is 44.6 Å². The number of aromatic nitrogens is 3. The first-order valence-corrected chi connectivity index (χ1v) is 8.74. The Hall–Kier alpha value is -1.62. The van der Waals surface area contributed by atoms with E-state index in [1.165, 1.54) is 17.7 Å². The molecule has 110 valence electrons. The molecule has 1 aliphatic carbocycles. The molecule has 1 unspecified atom stereocenters. The summed E-state index contributed by atoms with van der Waals surface area (Å²) in [5.41, 5.74) is 3.32. The van der Waals surface area contributed by atoms with Crippen LogP contribution in [0, 0.1) is 0 Å². The zero-order valence-corrected chi connectivity index (χ0v) is 13.3. The minimum Gasteiger partial charge on any atom is -0.366 e. The fraction of sp³-hybridized carbons (Fsp3) is 0.438. The van der Waals surface area contributed by atoms with E-state index < -0.39 is 0 Å². The number of anilines is 1. The summed E-state index contributed by atoms with van der Waals surface area (Å²) in [5, 5.41) is 3.55. The number of fused-ring (bicyclic) bond motifs is 1. The van der Waals surface area contributed by atoms with Crippen molar-refractivity contribution in [2.45, 2.75) is 32.2 Å². The third-order valence-electron chi connectivity index (χ3n) is 3.63. The molecule has 0 spiro atoms. The minimum absolute atomic E-state index is 0.399. The fourth-order valence-electron chi connectivity index (χ4n) is 2.69. The van der Waals surface area contributed by atoms with Crippen molar-refractivity contribution < 1.29 is 0 Å². The molecule has 1 aliphatic rings. The number of thioether (sulfide) groups is 1. The molecule has 0 amide bonds.